The van der Waals surface area contributed by atoms with Crippen LogP contribution in [0.25, 0.3) is 66.4 Å². The maximum absolute atomic E-state index is 2.59. The van der Waals surface area contributed by atoms with E-state index in [0.717, 1.165) is 24.2 Å². The second-order valence-corrected chi connectivity index (χ2v) is 19.2. The molecule has 0 aromatic heterocycles. The average Bonchev–Trinajstić information content (AvgIpc) is 3.61. The molecule has 2 aliphatic carbocycles. The van der Waals surface area contributed by atoms with E-state index in [1.54, 1.807) is 0 Å². The molecule has 0 aliphatic heterocycles. The van der Waals surface area contributed by atoms with E-state index in [9.17, 15) is 0 Å². The van der Waals surface area contributed by atoms with Crippen LogP contribution < -0.4 is 4.90 Å². The van der Waals surface area contributed by atoms with Crippen LogP contribution in [0.3, 0.4) is 0 Å². The first-order valence-electron chi connectivity index (χ1n) is 24.5. The molecular weight excluding hydrogens is 795 g/mol. The first kappa shape index (κ1) is 41.7. The zero-order chi connectivity index (χ0) is 44.8. The van der Waals surface area contributed by atoms with Crippen LogP contribution in [0, 0.1) is 0 Å². The Morgan fingerprint density at radius 1 is 0.439 bits per heavy atom. The van der Waals surface area contributed by atoms with Crippen LogP contribution in [0.1, 0.15) is 93.5 Å². The molecule has 0 N–H and O–H groups in total. The molecule has 1 heteroatoms. The second-order valence-electron chi connectivity index (χ2n) is 19.2. The van der Waals surface area contributed by atoms with Gasteiger partial charge in [0, 0.05) is 27.6 Å². The summed E-state index contributed by atoms with van der Waals surface area (Å²) >= 11 is 0. The Kier molecular flexibility index (Phi) is 11.0. The lowest BCUT2D eigenvalue weighted by Gasteiger charge is -2.32. The maximum Gasteiger partial charge on any atom is 0.0618 e. The van der Waals surface area contributed by atoms with Gasteiger partial charge in [0.1, 0.15) is 0 Å². The molecule has 66 heavy (non-hydrogen) atoms. The minimum Gasteiger partial charge on any atom is -0.309 e. The number of rotatable bonds is 10. The monoisotopic (exact) mass is 853 g/mol. The SMILES string of the molecule is CCc1ccccc1-c1ccc(-c2ccc3ccccc3c2N(c2ccc3c(c2)-c2ccccc2C3(C)C)c2ccc(-c3ccc(C4CCCCC4)cc3)cc2-c2ccccc2)cc1CC. The highest BCUT2D eigenvalue weighted by Crippen LogP contribution is 2.54. The number of anilines is 3. The molecular formula is C65H59N. The predicted octanol–water partition coefficient (Wildman–Crippen LogP) is 18.5. The van der Waals surface area contributed by atoms with E-state index in [4.69, 9.17) is 0 Å². The minimum atomic E-state index is -0.0992. The summed E-state index contributed by atoms with van der Waals surface area (Å²) in [6.07, 6.45) is 8.61. The van der Waals surface area contributed by atoms with Gasteiger partial charge in [0.15, 0.2) is 0 Å². The van der Waals surface area contributed by atoms with E-state index in [1.807, 2.05) is 0 Å². The molecule has 9 aromatic carbocycles. The Balaban J connectivity index is 1.16. The molecule has 11 rings (SSSR count). The van der Waals surface area contributed by atoms with E-state index >= 15 is 0 Å². The van der Waals surface area contributed by atoms with Crippen LogP contribution in [0.5, 0.6) is 0 Å². The van der Waals surface area contributed by atoms with Gasteiger partial charge in [-0.3, -0.25) is 0 Å². The summed E-state index contributed by atoms with van der Waals surface area (Å²) in [5, 5.41) is 2.44. The van der Waals surface area contributed by atoms with Gasteiger partial charge in [0.2, 0.25) is 0 Å². The molecule has 0 amide bonds. The first-order chi connectivity index (χ1) is 32.4. The van der Waals surface area contributed by atoms with E-state index in [0.29, 0.717) is 5.92 Å². The first-order valence-corrected chi connectivity index (χ1v) is 24.5. The van der Waals surface area contributed by atoms with E-state index in [2.05, 4.69) is 227 Å². The van der Waals surface area contributed by atoms with Crippen molar-refractivity contribution in [2.75, 3.05) is 4.90 Å². The molecule has 9 aromatic rings. The standard InChI is InChI=1S/C65H59N/c1-5-44-19-13-15-25-54(44)55-37-34-52(41-45(55)6-2)57-38-33-50-24-14-16-26-56(50)64(57)66(53-36-39-62-60(43-53)58-27-17-18-28-61(58)65(62,3)4)63-40-35-51(42-59(63)49-22-11-8-12-23-49)48-31-29-47(30-32-48)46-20-9-7-10-21-46/h8,11-19,22-43,46H,5-7,9-10,20-21H2,1-4H3. The van der Waals surface area contributed by atoms with Crippen LogP contribution in [0.15, 0.2) is 194 Å². The topological polar surface area (TPSA) is 3.24 Å². The molecule has 2 aliphatic rings. The Morgan fingerprint density at radius 2 is 1.09 bits per heavy atom. The third-order valence-electron chi connectivity index (χ3n) is 15.1. The fraction of sp³-hybridized carbons (Fsp3) is 0.200. The van der Waals surface area contributed by atoms with Crippen molar-refractivity contribution in [2.45, 2.75) is 84.0 Å². The number of hydrogen-bond donors (Lipinski definition) is 0. The van der Waals surface area contributed by atoms with Gasteiger partial charge < -0.3 is 4.90 Å². The van der Waals surface area contributed by atoms with Crippen molar-refractivity contribution >= 4 is 27.8 Å². The van der Waals surface area contributed by atoms with Gasteiger partial charge >= 0.3 is 0 Å². The van der Waals surface area contributed by atoms with Crippen molar-refractivity contribution in [2.24, 2.45) is 0 Å². The maximum atomic E-state index is 2.59. The highest BCUT2D eigenvalue weighted by Gasteiger charge is 2.36. The molecule has 1 fully saturated rings. The fourth-order valence-electron chi connectivity index (χ4n) is 11.5. The summed E-state index contributed by atoms with van der Waals surface area (Å²) in [5.74, 6) is 0.681. The summed E-state index contributed by atoms with van der Waals surface area (Å²) in [4.78, 5) is 2.59. The van der Waals surface area contributed by atoms with E-state index < -0.39 is 0 Å². The Labute approximate surface area is 392 Å². The summed E-state index contributed by atoms with van der Waals surface area (Å²) in [5.41, 5.74) is 23.0. The number of benzene rings is 9. The van der Waals surface area contributed by atoms with E-state index in [-0.39, 0.29) is 5.41 Å². The lowest BCUT2D eigenvalue weighted by atomic mass is 9.82. The lowest BCUT2D eigenvalue weighted by molar-refractivity contribution is 0.443. The van der Waals surface area contributed by atoms with Gasteiger partial charge in [-0.2, -0.15) is 0 Å². The molecule has 0 radical (unpaired) electrons. The highest BCUT2D eigenvalue weighted by molar-refractivity contribution is 6.08. The Morgan fingerprint density at radius 3 is 1.89 bits per heavy atom. The van der Waals surface area contributed by atoms with Crippen LogP contribution in [-0.4, -0.2) is 0 Å². The molecule has 0 atom stereocenters. The average molecular weight is 854 g/mol. The number of fused-ring (bicyclic) bond motifs is 4. The van der Waals surface area contributed by atoms with Crippen LogP contribution in [-0.2, 0) is 18.3 Å². The third-order valence-corrected chi connectivity index (χ3v) is 15.1. The van der Waals surface area contributed by atoms with Crippen LogP contribution in [0.2, 0.25) is 0 Å². The zero-order valence-corrected chi connectivity index (χ0v) is 38.9. The molecule has 0 heterocycles. The zero-order valence-electron chi connectivity index (χ0n) is 38.9. The van der Waals surface area contributed by atoms with Crippen LogP contribution >= 0.6 is 0 Å². The Hall–Kier alpha value is -6.96. The minimum absolute atomic E-state index is 0.0992. The highest BCUT2D eigenvalue weighted by atomic mass is 15.1. The summed E-state index contributed by atoms with van der Waals surface area (Å²) in [6.45, 7) is 9.31. The molecule has 0 saturated heterocycles. The van der Waals surface area contributed by atoms with Crippen molar-refractivity contribution in [1.29, 1.82) is 0 Å². The Bertz CT molecular complexity index is 3220. The molecule has 324 valence electrons. The number of aryl methyl sites for hydroxylation is 2. The normalized spacial score (nSPS) is 14.2. The van der Waals surface area contributed by atoms with Gasteiger partial charge in [0.25, 0.3) is 0 Å². The number of nitrogens with zero attached hydrogens (tertiary/aromatic N) is 1. The predicted molar refractivity (Wildman–Crippen MR) is 283 cm³/mol. The summed E-state index contributed by atoms with van der Waals surface area (Å²) in [6, 6.07) is 73.8. The molecule has 0 unspecified atom stereocenters. The smallest absolute Gasteiger partial charge is 0.0618 e. The van der Waals surface area contributed by atoms with Gasteiger partial charge in [-0.15, -0.1) is 0 Å². The van der Waals surface area contributed by atoms with Crippen LogP contribution in [0.4, 0.5) is 17.1 Å². The molecule has 1 nitrogen and oxygen atoms in total. The fourth-order valence-corrected chi connectivity index (χ4v) is 11.5. The van der Waals surface area contributed by atoms with Crippen molar-refractivity contribution < 1.29 is 0 Å². The van der Waals surface area contributed by atoms with Gasteiger partial charge in [0.05, 0.1) is 11.4 Å². The van der Waals surface area contributed by atoms with Crippen molar-refractivity contribution in [3.63, 3.8) is 0 Å². The largest absolute Gasteiger partial charge is 0.309 e. The third kappa shape index (κ3) is 7.36. The molecule has 0 spiro atoms. The van der Waals surface area contributed by atoms with Crippen molar-refractivity contribution in [3.8, 4) is 55.6 Å². The van der Waals surface area contributed by atoms with E-state index in [1.165, 1.54) is 132 Å². The van der Waals surface area contributed by atoms with Gasteiger partial charge in [-0.05, 0) is 134 Å². The second kappa shape index (κ2) is 17.4. The molecule has 0 bridgehead atoms. The quantitative estimate of drug-likeness (QED) is 0.132. The lowest BCUT2D eigenvalue weighted by Crippen LogP contribution is -2.16. The van der Waals surface area contributed by atoms with Crippen molar-refractivity contribution in [1.82, 2.24) is 0 Å². The van der Waals surface area contributed by atoms with Crippen molar-refractivity contribution in [3.05, 3.63) is 222 Å². The van der Waals surface area contributed by atoms with Gasteiger partial charge in [-0.25, -0.2) is 0 Å². The summed E-state index contributed by atoms with van der Waals surface area (Å²) < 4.78 is 0. The summed E-state index contributed by atoms with van der Waals surface area (Å²) in [7, 11) is 0. The number of hydrogen-bond acceptors (Lipinski definition) is 1. The van der Waals surface area contributed by atoms with Gasteiger partial charge in [-0.1, -0.05) is 217 Å². The molecule has 1 saturated carbocycles.